The van der Waals surface area contributed by atoms with E-state index in [0.717, 1.165) is 11.1 Å². The van der Waals surface area contributed by atoms with Gasteiger partial charge in [0.1, 0.15) is 5.82 Å². The van der Waals surface area contributed by atoms with Gasteiger partial charge in [-0.3, -0.25) is 5.43 Å². The molecule has 0 fully saturated rings. The van der Waals surface area contributed by atoms with Crippen LogP contribution in [0.15, 0.2) is 71.8 Å². The van der Waals surface area contributed by atoms with E-state index < -0.39 is 0 Å². The Balaban J connectivity index is 1.86. The predicted molar refractivity (Wildman–Crippen MR) is 81.6 cm³/mol. The third-order valence-electron chi connectivity index (χ3n) is 3.06. The molecule has 0 atom stereocenters. The van der Waals surface area contributed by atoms with Gasteiger partial charge in [-0.25, -0.2) is 4.39 Å². The number of anilines is 1. The third-order valence-corrected chi connectivity index (χ3v) is 3.06. The van der Waals surface area contributed by atoms with E-state index in [4.69, 9.17) is 0 Å². The molecule has 0 heterocycles. The molecule has 0 amide bonds. The minimum atomic E-state index is -0.248. The van der Waals surface area contributed by atoms with Crippen molar-refractivity contribution in [3.63, 3.8) is 0 Å². The molecule has 0 saturated heterocycles. The molecule has 0 radical (unpaired) electrons. The smallest absolute Gasteiger partial charge is 0.139 e. The number of hydrogen-bond donors (Lipinski definition) is 1. The van der Waals surface area contributed by atoms with Crippen LogP contribution in [0.4, 0.5) is 10.1 Å². The molecule has 98 valence electrons. The van der Waals surface area contributed by atoms with Crippen LogP contribution in [0, 0.1) is 5.82 Å². The van der Waals surface area contributed by atoms with Crippen molar-refractivity contribution >= 4 is 22.7 Å². The highest BCUT2D eigenvalue weighted by Gasteiger charge is 2.04. The summed E-state index contributed by atoms with van der Waals surface area (Å²) in [5.41, 5.74) is 4.20. The normalized spacial score (nSPS) is 11.1. The Kier molecular flexibility index (Phi) is 3.42. The van der Waals surface area contributed by atoms with E-state index in [2.05, 4.69) is 10.5 Å². The Bertz CT molecular complexity index is 751. The highest BCUT2D eigenvalue weighted by Crippen LogP contribution is 2.19. The first-order chi connectivity index (χ1) is 9.84. The molecule has 0 aromatic heterocycles. The van der Waals surface area contributed by atoms with Crippen LogP contribution in [0.1, 0.15) is 5.56 Å². The largest absolute Gasteiger partial charge is 0.279 e. The van der Waals surface area contributed by atoms with Crippen molar-refractivity contribution in [1.82, 2.24) is 0 Å². The Morgan fingerprint density at radius 3 is 2.45 bits per heavy atom. The van der Waals surface area contributed by atoms with Gasteiger partial charge in [0, 0.05) is 10.9 Å². The summed E-state index contributed by atoms with van der Waals surface area (Å²) in [5, 5.41) is 5.56. The van der Waals surface area contributed by atoms with Crippen LogP contribution in [-0.4, -0.2) is 6.21 Å². The molecule has 20 heavy (non-hydrogen) atoms. The van der Waals surface area contributed by atoms with Crippen LogP contribution < -0.4 is 5.43 Å². The molecular weight excluding hydrogens is 251 g/mol. The van der Waals surface area contributed by atoms with Gasteiger partial charge < -0.3 is 0 Å². The average Bonchev–Trinajstić information content (AvgIpc) is 2.51. The zero-order chi connectivity index (χ0) is 13.8. The number of fused-ring (bicyclic) bond motifs is 1. The topological polar surface area (TPSA) is 24.4 Å². The first-order valence-electron chi connectivity index (χ1n) is 6.36. The van der Waals surface area contributed by atoms with Crippen molar-refractivity contribution in [3.05, 3.63) is 78.1 Å². The van der Waals surface area contributed by atoms with Gasteiger partial charge in [0.15, 0.2) is 0 Å². The standard InChI is InChI=1S/C17H13FN2/c18-17-14(11-10-13-6-4-5-9-16(13)17)12-19-20-15-7-2-1-3-8-15/h1-12,20H. The molecule has 0 aliphatic heterocycles. The van der Waals surface area contributed by atoms with E-state index in [9.17, 15) is 4.39 Å². The molecule has 0 aliphatic rings. The fraction of sp³-hybridized carbons (Fsp3) is 0. The molecule has 2 nitrogen and oxygen atoms in total. The fourth-order valence-electron chi connectivity index (χ4n) is 2.04. The van der Waals surface area contributed by atoms with Crippen LogP contribution in [-0.2, 0) is 0 Å². The van der Waals surface area contributed by atoms with Gasteiger partial charge in [-0.2, -0.15) is 5.10 Å². The lowest BCUT2D eigenvalue weighted by Crippen LogP contribution is -1.93. The summed E-state index contributed by atoms with van der Waals surface area (Å²) >= 11 is 0. The van der Waals surface area contributed by atoms with E-state index in [1.165, 1.54) is 6.21 Å². The number of nitrogens with one attached hydrogen (secondary N) is 1. The monoisotopic (exact) mass is 264 g/mol. The second-order valence-corrected chi connectivity index (χ2v) is 4.43. The SMILES string of the molecule is Fc1c(C=NNc2ccccc2)ccc2ccccc12. The lowest BCUT2D eigenvalue weighted by molar-refractivity contribution is 0.638. The van der Waals surface area contributed by atoms with Crippen LogP contribution in [0.2, 0.25) is 0 Å². The quantitative estimate of drug-likeness (QED) is 0.549. The average molecular weight is 264 g/mol. The first kappa shape index (κ1) is 12.4. The molecule has 3 heteroatoms. The highest BCUT2D eigenvalue weighted by atomic mass is 19.1. The van der Waals surface area contributed by atoms with Crippen molar-refractivity contribution in [2.75, 3.05) is 5.43 Å². The third kappa shape index (κ3) is 2.52. The summed E-state index contributed by atoms with van der Waals surface area (Å²) in [6.07, 6.45) is 1.49. The van der Waals surface area contributed by atoms with Gasteiger partial charge >= 0.3 is 0 Å². The number of rotatable bonds is 3. The predicted octanol–water partition coefficient (Wildman–Crippen LogP) is 4.42. The molecule has 0 bridgehead atoms. The summed E-state index contributed by atoms with van der Waals surface area (Å²) in [6.45, 7) is 0. The van der Waals surface area contributed by atoms with Crippen molar-refractivity contribution < 1.29 is 4.39 Å². The van der Waals surface area contributed by atoms with Crippen LogP contribution >= 0.6 is 0 Å². The van der Waals surface area contributed by atoms with Crippen LogP contribution in [0.5, 0.6) is 0 Å². The Morgan fingerprint density at radius 1 is 0.850 bits per heavy atom. The van der Waals surface area contributed by atoms with Crippen molar-refractivity contribution in [2.45, 2.75) is 0 Å². The Hall–Kier alpha value is -2.68. The summed E-state index contributed by atoms with van der Waals surface area (Å²) < 4.78 is 14.3. The molecule has 3 aromatic carbocycles. The maximum atomic E-state index is 14.3. The van der Waals surface area contributed by atoms with E-state index in [1.54, 1.807) is 12.1 Å². The number of benzene rings is 3. The second-order valence-electron chi connectivity index (χ2n) is 4.43. The molecule has 3 rings (SSSR count). The lowest BCUT2D eigenvalue weighted by atomic mass is 10.1. The van der Waals surface area contributed by atoms with E-state index >= 15 is 0 Å². The zero-order valence-electron chi connectivity index (χ0n) is 10.8. The molecule has 0 saturated carbocycles. The van der Waals surface area contributed by atoms with Crippen molar-refractivity contribution in [3.8, 4) is 0 Å². The zero-order valence-corrected chi connectivity index (χ0v) is 10.8. The van der Waals surface area contributed by atoms with Gasteiger partial charge in [-0.1, -0.05) is 48.5 Å². The molecule has 1 N–H and O–H groups in total. The number of halogens is 1. The molecular formula is C17H13FN2. The number of hydrogen-bond acceptors (Lipinski definition) is 2. The van der Waals surface area contributed by atoms with Crippen LogP contribution in [0.3, 0.4) is 0 Å². The summed E-state index contributed by atoms with van der Waals surface area (Å²) in [7, 11) is 0. The van der Waals surface area contributed by atoms with Gasteiger partial charge in [-0.15, -0.1) is 0 Å². The van der Waals surface area contributed by atoms with Gasteiger partial charge in [0.2, 0.25) is 0 Å². The summed E-state index contributed by atoms with van der Waals surface area (Å²) in [5.74, 6) is -0.248. The molecule has 3 aromatic rings. The van der Waals surface area contributed by atoms with E-state index in [1.807, 2.05) is 54.6 Å². The first-order valence-corrected chi connectivity index (χ1v) is 6.36. The summed E-state index contributed by atoms with van der Waals surface area (Å²) in [4.78, 5) is 0. The van der Waals surface area contributed by atoms with Crippen LogP contribution in [0.25, 0.3) is 10.8 Å². The summed E-state index contributed by atoms with van der Waals surface area (Å²) in [6, 6.07) is 20.5. The number of para-hydroxylation sites is 1. The number of hydrazone groups is 1. The Morgan fingerprint density at radius 2 is 1.60 bits per heavy atom. The Labute approximate surface area is 116 Å². The van der Waals surface area contributed by atoms with Gasteiger partial charge in [0.05, 0.1) is 11.9 Å². The van der Waals surface area contributed by atoms with Crippen molar-refractivity contribution in [1.29, 1.82) is 0 Å². The minimum Gasteiger partial charge on any atom is -0.279 e. The molecule has 0 unspecified atom stereocenters. The molecule has 0 aliphatic carbocycles. The highest BCUT2D eigenvalue weighted by molar-refractivity contribution is 5.91. The van der Waals surface area contributed by atoms with E-state index in [0.29, 0.717) is 10.9 Å². The second kappa shape index (κ2) is 5.53. The van der Waals surface area contributed by atoms with Crippen molar-refractivity contribution in [2.24, 2.45) is 5.10 Å². The maximum absolute atomic E-state index is 14.3. The van der Waals surface area contributed by atoms with Gasteiger partial charge in [0.25, 0.3) is 0 Å². The minimum absolute atomic E-state index is 0.248. The van der Waals surface area contributed by atoms with Gasteiger partial charge in [-0.05, 0) is 23.6 Å². The fourth-order valence-corrected chi connectivity index (χ4v) is 2.04. The number of nitrogens with zero attached hydrogens (tertiary/aromatic N) is 1. The maximum Gasteiger partial charge on any atom is 0.139 e. The molecule has 0 spiro atoms. The van der Waals surface area contributed by atoms with E-state index in [-0.39, 0.29) is 5.82 Å². The lowest BCUT2D eigenvalue weighted by Gasteiger charge is -2.03.